The van der Waals surface area contributed by atoms with E-state index in [4.69, 9.17) is 5.73 Å². The van der Waals surface area contributed by atoms with Gasteiger partial charge in [0.2, 0.25) is 0 Å². The highest BCUT2D eigenvalue weighted by molar-refractivity contribution is 5.98. The summed E-state index contributed by atoms with van der Waals surface area (Å²) < 4.78 is 12.8. The van der Waals surface area contributed by atoms with E-state index in [1.807, 2.05) is 0 Å². The van der Waals surface area contributed by atoms with E-state index in [0.717, 1.165) is 0 Å². The second-order valence-electron chi connectivity index (χ2n) is 3.40. The molecule has 0 aliphatic heterocycles. The Kier molecular flexibility index (Phi) is 3.19. The summed E-state index contributed by atoms with van der Waals surface area (Å²) in [5, 5.41) is 0. The lowest BCUT2D eigenvalue weighted by atomic mass is 10.1. The lowest BCUT2D eigenvalue weighted by Gasteiger charge is -2.08. The molecule has 0 unspecified atom stereocenters. The van der Waals surface area contributed by atoms with Gasteiger partial charge in [0.25, 0.3) is 0 Å². The van der Waals surface area contributed by atoms with Crippen LogP contribution >= 0.6 is 0 Å². The molecule has 0 spiro atoms. The van der Waals surface area contributed by atoms with Crippen molar-refractivity contribution in [1.29, 1.82) is 0 Å². The number of rotatable bonds is 3. The maximum Gasteiger partial charge on any atom is 0.176 e. The highest BCUT2D eigenvalue weighted by Gasteiger charge is 2.08. The van der Waals surface area contributed by atoms with Gasteiger partial charge in [-0.1, -0.05) is 0 Å². The quantitative estimate of drug-likeness (QED) is 0.582. The number of benzene rings is 1. The maximum absolute atomic E-state index is 12.8. The van der Waals surface area contributed by atoms with Gasteiger partial charge >= 0.3 is 0 Å². The van der Waals surface area contributed by atoms with Gasteiger partial charge in [0.05, 0.1) is 12.2 Å². The van der Waals surface area contributed by atoms with Crippen LogP contribution < -0.4 is 5.73 Å². The Bertz CT molecular complexity index is 350. The van der Waals surface area contributed by atoms with Crippen LogP contribution in [0, 0.1) is 5.82 Å². The fourth-order valence-electron chi connectivity index (χ4n) is 1.10. The average Bonchev–Trinajstić information content (AvgIpc) is 2.08. The number of nitrogens with two attached hydrogens (primary N) is 1. The van der Waals surface area contributed by atoms with Crippen molar-refractivity contribution >= 4 is 11.5 Å². The number of hydrogen-bond acceptors (Lipinski definition) is 3. The summed E-state index contributed by atoms with van der Waals surface area (Å²) in [6.07, 6.45) is 0. The Morgan fingerprint density at radius 1 is 1.50 bits per heavy atom. The number of nitrogen functional groups attached to an aromatic ring is 1. The summed E-state index contributed by atoms with van der Waals surface area (Å²) in [7, 11) is 3.59. The van der Waals surface area contributed by atoms with Crippen LogP contribution in [0.5, 0.6) is 0 Å². The van der Waals surface area contributed by atoms with Gasteiger partial charge in [-0.05, 0) is 32.3 Å². The van der Waals surface area contributed by atoms with Crippen molar-refractivity contribution in [2.75, 3.05) is 26.4 Å². The normalized spacial score (nSPS) is 10.6. The van der Waals surface area contributed by atoms with Crippen molar-refractivity contribution in [2.45, 2.75) is 0 Å². The minimum atomic E-state index is -0.494. The first-order valence-corrected chi connectivity index (χ1v) is 4.23. The van der Waals surface area contributed by atoms with E-state index in [2.05, 4.69) is 0 Å². The number of carbonyl (C=O) groups is 1. The minimum absolute atomic E-state index is 0.00889. The van der Waals surface area contributed by atoms with E-state index in [-0.39, 0.29) is 11.5 Å². The van der Waals surface area contributed by atoms with E-state index in [1.165, 1.54) is 18.2 Å². The SMILES string of the molecule is CN(C)CC(=O)c1ccc(F)c(N)c1. The van der Waals surface area contributed by atoms with Crippen molar-refractivity contribution in [3.05, 3.63) is 29.6 Å². The molecule has 2 N–H and O–H groups in total. The molecule has 0 atom stereocenters. The van der Waals surface area contributed by atoms with Crippen LogP contribution in [0.1, 0.15) is 10.4 Å². The van der Waals surface area contributed by atoms with Crippen molar-refractivity contribution in [3.8, 4) is 0 Å². The van der Waals surface area contributed by atoms with Crippen LogP contribution in [-0.4, -0.2) is 31.3 Å². The molecule has 3 nitrogen and oxygen atoms in total. The Labute approximate surface area is 82.3 Å². The molecule has 0 amide bonds. The molecule has 0 saturated heterocycles. The topological polar surface area (TPSA) is 46.3 Å². The van der Waals surface area contributed by atoms with Gasteiger partial charge in [0.15, 0.2) is 5.78 Å². The summed E-state index contributed by atoms with van der Waals surface area (Å²) in [6, 6.07) is 4.01. The van der Waals surface area contributed by atoms with Gasteiger partial charge < -0.3 is 10.6 Å². The van der Waals surface area contributed by atoms with Crippen molar-refractivity contribution < 1.29 is 9.18 Å². The number of halogens is 1. The van der Waals surface area contributed by atoms with E-state index >= 15 is 0 Å². The van der Waals surface area contributed by atoms with E-state index in [0.29, 0.717) is 12.1 Å². The molecule has 0 aromatic heterocycles. The van der Waals surface area contributed by atoms with Crippen LogP contribution in [0.3, 0.4) is 0 Å². The number of nitrogens with zero attached hydrogens (tertiary/aromatic N) is 1. The van der Waals surface area contributed by atoms with Crippen molar-refractivity contribution in [2.24, 2.45) is 0 Å². The van der Waals surface area contributed by atoms with Crippen LogP contribution in [0.25, 0.3) is 0 Å². The first kappa shape index (κ1) is 10.7. The van der Waals surface area contributed by atoms with Gasteiger partial charge in [-0.2, -0.15) is 0 Å². The largest absolute Gasteiger partial charge is 0.396 e. The predicted molar refractivity (Wildman–Crippen MR) is 53.7 cm³/mol. The second-order valence-corrected chi connectivity index (χ2v) is 3.40. The Morgan fingerprint density at radius 2 is 2.14 bits per heavy atom. The molecule has 4 heteroatoms. The molecular weight excluding hydrogens is 183 g/mol. The standard InChI is InChI=1S/C10H13FN2O/c1-13(2)6-10(14)7-3-4-8(11)9(12)5-7/h3-5H,6,12H2,1-2H3. The predicted octanol–water partition coefficient (Wildman–Crippen LogP) is 1.15. The Morgan fingerprint density at radius 3 is 2.64 bits per heavy atom. The monoisotopic (exact) mass is 196 g/mol. The third-order valence-electron chi connectivity index (χ3n) is 1.78. The Hall–Kier alpha value is -1.42. The summed E-state index contributed by atoms with van der Waals surface area (Å²) in [5.41, 5.74) is 5.80. The number of ketones is 1. The number of hydrogen-bond donors (Lipinski definition) is 1. The van der Waals surface area contributed by atoms with Crippen LogP contribution in [0.15, 0.2) is 18.2 Å². The van der Waals surface area contributed by atoms with E-state index in [1.54, 1.807) is 19.0 Å². The fourth-order valence-corrected chi connectivity index (χ4v) is 1.10. The maximum atomic E-state index is 12.8. The van der Waals surface area contributed by atoms with Gasteiger partial charge in [-0.3, -0.25) is 4.79 Å². The molecule has 0 aliphatic carbocycles. The first-order chi connectivity index (χ1) is 6.50. The van der Waals surface area contributed by atoms with E-state index in [9.17, 15) is 9.18 Å². The van der Waals surface area contributed by atoms with Crippen LogP contribution in [-0.2, 0) is 0 Å². The Balaban J connectivity index is 2.86. The average molecular weight is 196 g/mol. The third-order valence-corrected chi connectivity index (χ3v) is 1.78. The van der Waals surface area contributed by atoms with Crippen LogP contribution in [0.4, 0.5) is 10.1 Å². The minimum Gasteiger partial charge on any atom is -0.396 e. The smallest absolute Gasteiger partial charge is 0.176 e. The number of Topliss-reactive ketones (excluding diaryl/α,β-unsaturated/α-hetero) is 1. The summed E-state index contributed by atoms with van der Waals surface area (Å²) >= 11 is 0. The van der Waals surface area contributed by atoms with Gasteiger partial charge in [-0.15, -0.1) is 0 Å². The highest BCUT2D eigenvalue weighted by atomic mass is 19.1. The number of anilines is 1. The molecule has 76 valence electrons. The lowest BCUT2D eigenvalue weighted by molar-refractivity contribution is 0.0958. The molecule has 0 heterocycles. The zero-order valence-corrected chi connectivity index (χ0v) is 8.25. The molecule has 0 aliphatic rings. The molecule has 0 radical (unpaired) electrons. The summed E-state index contributed by atoms with van der Waals surface area (Å²) in [5.74, 6) is -0.562. The molecule has 1 rings (SSSR count). The molecule has 0 fully saturated rings. The number of likely N-dealkylation sites (N-methyl/N-ethyl adjacent to an activating group) is 1. The van der Waals surface area contributed by atoms with Crippen molar-refractivity contribution in [3.63, 3.8) is 0 Å². The lowest BCUT2D eigenvalue weighted by Crippen LogP contribution is -2.21. The zero-order chi connectivity index (χ0) is 10.7. The van der Waals surface area contributed by atoms with Crippen LogP contribution in [0.2, 0.25) is 0 Å². The molecule has 0 saturated carbocycles. The molecule has 0 bridgehead atoms. The third kappa shape index (κ3) is 2.53. The molecule has 1 aromatic rings. The second kappa shape index (κ2) is 4.19. The zero-order valence-electron chi connectivity index (χ0n) is 8.25. The number of carbonyl (C=O) groups excluding carboxylic acids is 1. The van der Waals surface area contributed by atoms with Gasteiger partial charge in [0.1, 0.15) is 5.82 Å². The van der Waals surface area contributed by atoms with Crippen molar-refractivity contribution in [1.82, 2.24) is 4.90 Å². The van der Waals surface area contributed by atoms with Gasteiger partial charge in [-0.25, -0.2) is 4.39 Å². The fraction of sp³-hybridized carbons (Fsp3) is 0.300. The first-order valence-electron chi connectivity index (χ1n) is 4.23. The molecule has 1 aromatic carbocycles. The summed E-state index contributed by atoms with van der Waals surface area (Å²) in [4.78, 5) is 13.3. The summed E-state index contributed by atoms with van der Waals surface area (Å²) in [6.45, 7) is 0.297. The highest BCUT2D eigenvalue weighted by Crippen LogP contribution is 2.12. The van der Waals surface area contributed by atoms with Gasteiger partial charge in [0, 0.05) is 5.56 Å². The molecular formula is C10H13FN2O. The van der Waals surface area contributed by atoms with E-state index < -0.39 is 5.82 Å². The molecule has 14 heavy (non-hydrogen) atoms.